The maximum atomic E-state index is 11.7. The first-order valence-corrected chi connectivity index (χ1v) is 6.80. The summed E-state index contributed by atoms with van der Waals surface area (Å²) < 4.78 is 0. The Morgan fingerprint density at radius 3 is 2.35 bits per heavy atom. The lowest BCUT2D eigenvalue weighted by Gasteiger charge is -2.27. The third kappa shape index (κ3) is 5.90. The largest absolute Gasteiger partial charge is 0.356 e. The predicted octanol–water partition coefficient (Wildman–Crippen LogP) is 3.53. The van der Waals surface area contributed by atoms with Gasteiger partial charge in [-0.15, -0.1) is 6.58 Å². The molecule has 0 aromatic carbocycles. The molecule has 0 atom stereocenters. The van der Waals surface area contributed by atoms with E-state index in [2.05, 4.69) is 38.7 Å². The van der Waals surface area contributed by atoms with Crippen LogP contribution in [0, 0.1) is 17.3 Å². The van der Waals surface area contributed by atoms with Gasteiger partial charge in [0.2, 0.25) is 5.91 Å². The van der Waals surface area contributed by atoms with Gasteiger partial charge in [-0.2, -0.15) is 0 Å². The van der Waals surface area contributed by atoms with Crippen molar-refractivity contribution in [2.75, 3.05) is 6.54 Å². The van der Waals surface area contributed by atoms with E-state index in [4.69, 9.17) is 0 Å². The van der Waals surface area contributed by atoms with E-state index in [0.29, 0.717) is 18.3 Å². The van der Waals surface area contributed by atoms with Crippen LogP contribution in [0.1, 0.15) is 52.9 Å². The van der Waals surface area contributed by atoms with Crippen LogP contribution in [0.25, 0.3) is 0 Å². The first kappa shape index (κ1) is 14.3. The molecule has 1 aliphatic rings. The van der Waals surface area contributed by atoms with E-state index >= 15 is 0 Å². The van der Waals surface area contributed by atoms with Crippen molar-refractivity contribution in [2.24, 2.45) is 17.3 Å². The SMILES string of the molecule is C=C[C@H]1CC[C@H](CNC(=O)CC(C)(C)C)CC1. The van der Waals surface area contributed by atoms with Gasteiger partial charge in [-0.1, -0.05) is 26.8 Å². The summed E-state index contributed by atoms with van der Waals surface area (Å²) in [6, 6.07) is 0. The first-order chi connectivity index (χ1) is 7.90. The molecule has 98 valence electrons. The van der Waals surface area contributed by atoms with Crippen LogP contribution in [0.3, 0.4) is 0 Å². The summed E-state index contributed by atoms with van der Waals surface area (Å²) in [5.74, 6) is 1.58. The Morgan fingerprint density at radius 1 is 1.29 bits per heavy atom. The molecule has 1 saturated carbocycles. The Hall–Kier alpha value is -0.790. The van der Waals surface area contributed by atoms with Gasteiger partial charge in [0.1, 0.15) is 0 Å². The van der Waals surface area contributed by atoms with Crippen LogP contribution in [0.5, 0.6) is 0 Å². The topological polar surface area (TPSA) is 29.1 Å². The summed E-state index contributed by atoms with van der Waals surface area (Å²) in [5.41, 5.74) is 0.0879. The lowest BCUT2D eigenvalue weighted by Crippen LogP contribution is -2.33. The molecule has 1 fully saturated rings. The number of carbonyl (C=O) groups excluding carboxylic acids is 1. The molecule has 0 saturated heterocycles. The van der Waals surface area contributed by atoms with Crippen molar-refractivity contribution in [1.82, 2.24) is 5.32 Å². The van der Waals surface area contributed by atoms with Crippen LogP contribution in [0.4, 0.5) is 0 Å². The average Bonchev–Trinajstić information content (AvgIpc) is 2.25. The number of carbonyl (C=O) groups is 1. The molecular weight excluding hydrogens is 210 g/mol. The summed E-state index contributed by atoms with van der Waals surface area (Å²) in [6.07, 6.45) is 7.63. The fraction of sp³-hybridized carbons (Fsp3) is 0.800. The molecule has 0 radical (unpaired) electrons. The Bertz CT molecular complexity index is 257. The van der Waals surface area contributed by atoms with Crippen LogP contribution in [-0.2, 0) is 4.79 Å². The molecule has 0 unspecified atom stereocenters. The molecule has 1 aliphatic carbocycles. The maximum absolute atomic E-state index is 11.7. The highest BCUT2D eigenvalue weighted by Crippen LogP contribution is 2.28. The fourth-order valence-corrected chi connectivity index (χ4v) is 2.43. The van der Waals surface area contributed by atoms with Crippen LogP contribution >= 0.6 is 0 Å². The standard InChI is InChI=1S/C15H27NO/c1-5-12-6-8-13(9-7-12)11-16-14(17)10-15(2,3)4/h5,12-13H,1,6-11H2,2-4H3,(H,16,17)/t12-,13-. The minimum Gasteiger partial charge on any atom is -0.356 e. The Morgan fingerprint density at radius 2 is 1.88 bits per heavy atom. The van der Waals surface area contributed by atoms with Crippen molar-refractivity contribution >= 4 is 5.91 Å². The van der Waals surface area contributed by atoms with Crippen molar-refractivity contribution < 1.29 is 4.79 Å². The van der Waals surface area contributed by atoms with Gasteiger partial charge < -0.3 is 5.32 Å². The third-order valence-corrected chi connectivity index (χ3v) is 3.50. The van der Waals surface area contributed by atoms with E-state index in [0.717, 1.165) is 6.54 Å². The van der Waals surface area contributed by atoms with Gasteiger partial charge in [0.05, 0.1) is 0 Å². The molecule has 2 nitrogen and oxygen atoms in total. The molecular formula is C15H27NO. The zero-order valence-corrected chi connectivity index (χ0v) is 11.6. The summed E-state index contributed by atoms with van der Waals surface area (Å²) >= 11 is 0. The van der Waals surface area contributed by atoms with Crippen LogP contribution in [-0.4, -0.2) is 12.5 Å². The van der Waals surface area contributed by atoms with E-state index in [1.807, 2.05) is 0 Å². The minimum absolute atomic E-state index is 0.0879. The second-order valence-electron chi connectivity index (χ2n) is 6.56. The average molecular weight is 237 g/mol. The molecule has 17 heavy (non-hydrogen) atoms. The molecule has 1 amide bonds. The Kier molecular flexibility index (Phi) is 5.23. The lowest BCUT2D eigenvalue weighted by atomic mass is 9.82. The zero-order valence-electron chi connectivity index (χ0n) is 11.6. The Balaban J connectivity index is 2.19. The van der Waals surface area contributed by atoms with Crippen LogP contribution in [0.15, 0.2) is 12.7 Å². The van der Waals surface area contributed by atoms with E-state index < -0.39 is 0 Å². The summed E-state index contributed by atoms with van der Waals surface area (Å²) in [4.78, 5) is 11.7. The number of hydrogen-bond acceptors (Lipinski definition) is 1. The highest BCUT2D eigenvalue weighted by molar-refractivity contribution is 5.76. The number of amides is 1. The number of nitrogens with one attached hydrogen (secondary N) is 1. The van der Waals surface area contributed by atoms with Crippen LogP contribution < -0.4 is 5.32 Å². The van der Waals surface area contributed by atoms with E-state index in [-0.39, 0.29) is 11.3 Å². The maximum Gasteiger partial charge on any atom is 0.220 e. The monoisotopic (exact) mass is 237 g/mol. The lowest BCUT2D eigenvalue weighted by molar-refractivity contribution is -0.123. The van der Waals surface area contributed by atoms with Crippen molar-refractivity contribution in [1.29, 1.82) is 0 Å². The highest BCUT2D eigenvalue weighted by Gasteiger charge is 2.21. The van der Waals surface area contributed by atoms with Gasteiger partial charge in [-0.05, 0) is 42.9 Å². The zero-order chi connectivity index (χ0) is 12.9. The summed E-state index contributed by atoms with van der Waals surface area (Å²) in [6.45, 7) is 11.0. The van der Waals surface area contributed by atoms with Crippen molar-refractivity contribution in [2.45, 2.75) is 52.9 Å². The quantitative estimate of drug-likeness (QED) is 0.745. The van der Waals surface area contributed by atoms with Gasteiger partial charge >= 0.3 is 0 Å². The molecule has 0 bridgehead atoms. The van der Waals surface area contributed by atoms with Gasteiger partial charge in [0.15, 0.2) is 0 Å². The first-order valence-electron chi connectivity index (χ1n) is 6.80. The molecule has 0 aromatic heterocycles. The number of rotatable bonds is 4. The molecule has 1 N–H and O–H groups in total. The predicted molar refractivity (Wildman–Crippen MR) is 72.7 cm³/mol. The Labute approximate surface area is 106 Å². The smallest absolute Gasteiger partial charge is 0.220 e. The highest BCUT2D eigenvalue weighted by atomic mass is 16.1. The number of hydrogen-bond donors (Lipinski definition) is 1. The second kappa shape index (κ2) is 6.23. The molecule has 0 aliphatic heterocycles. The summed E-state index contributed by atoms with van der Waals surface area (Å²) in [7, 11) is 0. The van der Waals surface area contributed by atoms with Crippen molar-refractivity contribution in [3.63, 3.8) is 0 Å². The third-order valence-electron chi connectivity index (χ3n) is 3.50. The van der Waals surface area contributed by atoms with Gasteiger partial charge in [0.25, 0.3) is 0 Å². The van der Waals surface area contributed by atoms with Gasteiger partial charge in [-0.3, -0.25) is 4.79 Å². The van der Waals surface area contributed by atoms with E-state index in [1.165, 1.54) is 25.7 Å². The number of allylic oxidation sites excluding steroid dienone is 1. The van der Waals surface area contributed by atoms with E-state index in [1.54, 1.807) is 0 Å². The molecule has 0 spiro atoms. The van der Waals surface area contributed by atoms with Crippen molar-refractivity contribution in [3.05, 3.63) is 12.7 Å². The molecule has 0 heterocycles. The summed E-state index contributed by atoms with van der Waals surface area (Å²) in [5, 5.41) is 3.08. The molecule has 1 rings (SSSR count). The van der Waals surface area contributed by atoms with Gasteiger partial charge in [0, 0.05) is 13.0 Å². The van der Waals surface area contributed by atoms with Crippen LogP contribution in [0.2, 0.25) is 0 Å². The van der Waals surface area contributed by atoms with E-state index in [9.17, 15) is 4.79 Å². The van der Waals surface area contributed by atoms with Gasteiger partial charge in [-0.25, -0.2) is 0 Å². The normalized spacial score (nSPS) is 25.4. The molecule has 2 heteroatoms. The minimum atomic E-state index is 0.0879. The molecule has 0 aromatic rings. The fourth-order valence-electron chi connectivity index (χ4n) is 2.43. The second-order valence-corrected chi connectivity index (χ2v) is 6.56. The van der Waals surface area contributed by atoms with Crippen molar-refractivity contribution in [3.8, 4) is 0 Å².